The molecule has 1 aliphatic heterocycles. The molecule has 130 valence electrons. The number of nitrogens with zero attached hydrogens (tertiary/aromatic N) is 4. The SMILES string of the molecule is FC1(c2ccccn2)CCN(c2ncnc3c2oc2ccccc23)CC1. The number of hydrogen-bond donors (Lipinski definition) is 0. The normalized spacial score (nSPS) is 17.0. The minimum atomic E-state index is -1.39. The molecule has 0 unspecified atom stereocenters. The fourth-order valence-corrected chi connectivity index (χ4v) is 3.69. The van der Waals surface area contributed by atoms with Gasteiger partial charge in [0.25, 0.3) is 0 Å². The number of furan rings is 1. The van der Waals surface area contributed by atoms with Gasteiger partial charge < -0.3 is 9.32 Å². The van der Waals surface area contributed by atoms with Crippen molar-refractivity contribution in [2.75, 3.05) is 18.0 Å². The Labute approximate surface area is 149 Å². The number of aromatic nitrogens is 3. The molecule has 4 heterocycles. The summed E-state index contributed by atoms with van der Waals surface area (Å²) in [6.07, 6.45) is 3.94. The summed E-state index contributed by atoms with van der Waals surface area (Å²) in [4.78, 5) is 15.1. The van der Waals surface area contributed by atoms with Crippen molar-refractivity contribution in [2.24, 2.45) is 0 Å². The molecule has 1 aliphatic rings. The van der Waals surface area contributed by atoms with Crippen LogP contribution in [0.3, 0.4) is 0 Å². The van der Waals surface area contributed by atoms with Gasteiger partial charge in [0.1, 0.15) is 17.4 Å². The molecule has 0 N–H and O–H groups in total. The number of rotatable bonds is 2. The van der Waals surface area contributed by atoms with Crippen LogP contribution in [0.1, 0.15) is 18.5 Å². The Bertz CT molecular complexity index is 1070. The summed E-state index contributed by atoms with van der Waals surface area (Å²) < 4.78 is 21.3. The number of piperidine rings is 1. The molecular formula is C20H17FN4O. The maximum absolute atomic E-state index is 15.3. The van der Waals surface area contributed by atoms with Crippen LogP contribution in [0.5, 0.6) is 0 Å². The lowest BCUT2D eigenvalue weighted by molar-refractivity contribution is 0.119. The van der Waals surface area contributed by atoms with Crippen LogP contribution in [0.15, 0.2) is 59.4 Å². The molecule has 0 atom stereocenters. The summed E-state index contributed by atoms with van der Waals surface area (Å²) in [7, 11) is 0. The van der Waals surface area contributed by atoms with E-state index < -0.39 is 5.67 Å². The maximum Gasteiger partial charge on any atom is 0.196 e. The smallest absolute Gasteiger partial charge is 0.196 e. The zero-order valence-corrected chi connectivity index (χ0v) is 14.1. The Hall–Kier alpha value is -3.02. The van der Waals surface area contributed by atoms with Crippen molar-refractivity contribution in [3.63, 3.8) is 0 Å². The van der Waals surface area contributed by atoms with E-state index in [9.17, 15) is 0 Å². The lowest BCUT2D eigenvalue weighted by Crippen LogP contribution is -2.41. The third kappa shape index (κ3) is 2.33. The Morgan fingerprint density at radius 1 is 0.962 bits per heavy atom. The molecule has 3 aromatic heterocycles. The van der Waals surface area contributed by atoms with Crippen molar-refractivity contribution in [3.8, 4) is 0 Å². The molecule has 0 saturated carbocycles. The summed E-state index contributed by atoms with van der Waals surface area (Å²) >= 11 is 0. The summed E-state index contributed by atoms with van der Waals surface area (Å²) in [6, 6.07) is 13.2. The van der Waals surface area contributed by atoms with Gasteiger partial charge in [0.05, 0.1) is 5.69 Å². The van der Waals surface area contributed by atoms with E-state index in [0.29, 0.717) is 37.2 Å². The number of alkyl halides is 1. The summed E-state index contributed by atoms with van der Waals surface area (Å²) in [6.45, 7) is 1.10. The Kier molecular flexibility index (Phi) is 3.38. The zero-order chi connectivity index (χ0) is 17.6. The minimum Gasteiger partial charge on any atom is -0.450 e. The first-order chi connectivity index (χ1) is 12.7. The summed E-state index contributed by atoms with van der Waals surface area (Å²) in [5.74, 6) is 0.731. The van der Waals surface area contributed by atoms with Gasteiger partial charge in [0.15, 0.2) is 17.1 Å². The largest absolute Gasteiger partial charge is 0.450 e. The summed E-state index contributed by atoms with van der Waals surface area (Å²) in [5.41, 5.74) is 1.37. The van der Waals surface area contributed by atoms with Gasteiger partial charge in [-0.15, -0.1) is 0 Å². The highest BCUT2D eigenvalue weighted by Gasteiger charge is 2.38. The average Bonchev–Trinajstić information content (AvgIpc) is 3.08. The number of hydrogen-bond acceptors (Lipinski definition) is 5. The topological polar surface area (TPSA) is 55.1 Å². The molecule has 5 rings (SSSR count). The Morgan fingerprint density at radius 2 is 1.77 bits per heavy atom. The van der Waals surface area contributed by atoms with Crippen LogP contribution in [0.25, 0.3) is 22.1 Å². The fraction of sp³-hybridized carbons (Fsp3) is 0.250. The predicted octanol–water partition coefficient (Wildman–Crippen LogP) is 4.24. The molecule has 26 heavy (non-hydrogen) atoms. The second-order valence-electron chi connectivity index (χ2n) is 6.64. The highest BCUT2D eigenvalue weighted by Crippen LogP contribution is 2.39. The molecule has 0 radical (unpaired) electrons. The molecule has 1 fully saturated rings. The maximum atomic E-state index is 15.3. The zero-order valence-electron chi connectivity index (χ0n) is 14.1. The number of para-hydroxylation sites is 1. The summed E-state index contributed by atoms with van der Waals surface area (Å²) in [5, 5.41) is 0.969. The van der Waals surface area contributed by atoms with Crippen LogP contribution >= 0.6 is 0 Å². The van der Waals surface area contributed by atoms with Crippen LogP contribution in [0.2, 0.25) is 0 Å². The number of fused-ring (bicyclic) bond motifs is 3. The van der Waals surface area contributed by atoms with Crippen molar-refractivity contribution in [3.05, 3.63) is 60.7 Å². The number of halogens is 1. The Balaban J connectivity index is 1.49. The van der Waals surface area contributed by atoms with Gasteiger partial charge in [-0.1, -0.05) is 18.2 Å². The predicted molar refractivity (Wildman–Crippen MR) is 97.8 cm³/mol. The monoisotopic (exact) mass is 348 g/mol. The van der Waals surface area contributed by atoms with E-state index in [1.807, 2.05) is 30.3 Å². The van der Waals surface area contributed by atoms with Crippen molar-refractivity contribution in [1.82, 2.24) is 15.0 Å². The minimum absolute atomic E-state index is 0.371. The van der Waals surface area contributed by atoms with Crippen molar-refractivity contribution in [2.45, 2.75) is 18.5 Å². The molecule has 0 spiro atoms. The lowest BCUT2D eigenvalue weighted by Gasteiger charge is -2.36. The molecule has 0 amide bonds. The molecule has 1 aromatic carbocycles. The first kappa shape index (κ1) is 15.3. The third-order valence-electron chi connectivity index (χ3n) is 5.12. The van der Waals surface area contributed by atoms with Gasteiger partial charge >= 0.3 is 0 Å². The molecule has 1 saturated heterocycles. The van der Waals surface area contributed by atoms with Gasteiger partial charge in [0, 0.05) is 37.5 Å². The fourth-order valence-electron chi connectivity index (χ4n) is 3.69. The third-order valence-corrected chi connectivity index (χ3v) is 5.12. The van der Waals surface area contributed by atoms with Gasteiger partial charge in [-0.25, -0.2) is 14.4 Å². The second-order valence-corrected chi connectivity index (χ2v) is 6.64. The van der Waals surface area contributed by atoms with Crippen LogP contribution in [0.4, 0.5) is 10.2 Å². The first-order valence-corrected chi connectivity index (χ1v) is 8.72. The first-order valence-electron chi connectivity index (χ1n) is 8.72. The van der Waals surface area contributed by atoms with Gasteiger partial charge in [0.2, 0.25) is 0 Å². The van der Waals surface area contributed by atoms with Crippen molar-refractivity contribution in [1.29, 1.82) is 0 Å². The highest BCUT2D eigenvalue weighted by molar-refractivity contribution is 6.05. The quantitative estimate of drug-likeness (QED) is 0.542. The van der Waals surface area contributed by atoms with Crippen molar-refractivity contribution >= 4 is 27.9 Å². The lowest BCUT2D eigenvalue weighted by atomic mass is 9.89. The van der Waals surface area contributed by atoms with Gasteiger partial charge in [-0.3, -0.25) is 4.98 Å². The molecule has 5 nitrogen and oxygen atoms in total. The van der Waals surface area contributed by atoms with Gasteiger partial charge in [-0.2, -0.15) is 0 Å². The van der Waals surface area contributed by atoms with Crippen LogP contribution in [-0.4, -0.2) is 28.0 Å². The van der Waals surface area contributed by atoms with E-state index in [-0.39, 0.29) is 0 Å². The van der Waals surface area contributed by atoms with E-state index in [1.54, 1.807) is 24.7 Å². The molecule has 0 aliphatic carbocycles. The molecular weight excluding hydrogens is 331 g/mol. The Morgan fingerprint density at radius 3 is 2.58 bits per heavy atom. The van der Waals surface area contributed by atoms with Crippen LogP contribution in [0, 0.1) is 0 Å². The second kappa shape index (κ2) is 5.76. The van der Waals surface area contributed by atoms with E-state index >= 15 is 4.39 Å². The molecule has 6 heteroatoms. The standard InChI is InChI=1S/C20H17FN4O/c21-20(16-7-3-4-10-22-16)8-11-25(12-9-20)19-18-17(23-13-24-19)14-5-1-2-6-15(14)26-18/h1-7,10,13H,8-9,11-12H2. The van der Waals surface area contributed by atoms with E-state index in [0.717, 1.165) is 22.3 Å². The van der Waals surface area contributed by atoms with Crippen molar-refractivity contribution < 1.29 is 8.81 Å². The number of anilines is 1. The highest BCUT2D eigenvalue weighted by atomic mass is 19.1. The average molecular weight is 348 g/mol. The van der Waals surface area contributed by atoms with E-state index in [1.165, 1.54) is 0 Å². The van der Waals surface area contributed by atoms with E-state index in [4.69, 9.17) is 4.42 Å². The van der Waals surface area contributed by atoms with Crippen LogP contribution in [-0.2, 0) is 5.67 Å². The molecule has 4 aromatic rings. The number of pyridine rings is 1. The van der Waals surface area contributed by atoms with E-state index in [2.05, 4.69) is 19.9 Å². The molecule has 0 bridgehead atoms. The van der Waals surface area contributed by atoms with Gasteiger partial charge in [-0.05, 0) is 24.3 Å². The van der Waals surface area contributed by atoms with Crippen LogP contribution < -0.4 is 4.90 Å². The number of benzene rings is 1.